The third kappa shape index (κ3) is 3.13. The number of hydrogen-bond donors (Lipinski definition) is 0. The van der Waals surface area contributed by atoms with Crippen molar-refractivity contribution in [1.29, 1.82) is 0 Å². The molecule has 4 rings (SSSR count). The Hall–Kier alpha value is -2.34. The van der Waals surface area contributed by atoms with Gasteiger partial charge in [0.05, 0.1) is 0 Å². The maximum Gasteiger partial charge on any atom is 0.00877 e. The van der Waals surface area contributed by atoms with Crippen molar-refractivity contribution in [1.82, 2.24) is 0 Å². The molecule has 156 valence electrons. The predicted octanol–water partition coefficient (Wildman–Crippen LogP) is 9.02. The van der Waals surface area contributed by atoms with Crippen molar-refractivity contribution in [3.05, 3.63) is 70.8 Å². The Kier molecular flexibility index (Phi) is 4.59. The molecule has 2 aromatic rings. The fraction of sp³-hybridized carbons (Fsp3) is 0.400. The summed E-state index contributed by atoms with van der Waals surface area (Å²) in [7, 11) is 0. The molecule has 2 aromatic carbocycles. The van der Waals surface area contributed by atoms with Crippen LogP contribution in [0.5, 0.6) is 0 Å². The first-order valence-corrected chi connectivity index (χ1v) is 11.2. The highest BCUT2D eigenvalue weighted by molar-refractivity contribution is 6.04. The normalized spacial score (nSPS) is 25.7. The molecule has 0 fully saturated rings. The molecule has 0 aromatic heterocycles. The molecule has 0 spiro atoms. The first kappa shape index (κ1) is 20.9. The van der Waals surface area contributed by atoms with Gasteiger partial charge < -0.3 is 0 Å². The monoisotopic (exact) mass is 396 g/mol. The first-order valence-electron chi connectivity index (χ1n) is 11.2. The first-order chi connectivity index (χ1) is 13.9. The van der Waals surface area contributed by atoms with Gasteiger partial charge in [0.15, 0.2) is 0 Å². The highest BCUT2D eigenvalue weighted by Gasteiger charge is 2.35. The summed E-state index contributed by atoms with van der Waals surface area (Å²) >= 11 is 0. The van der Waals surface area contributed by atoms with E-state index in [9.17, 15) is 0 Å². The van der Waals surface area contributed by atoms with Gasteiger partial charge in [0.1, 0.15) is 0 Å². The van der Waals surface area contributed by atoms with E-state index in [1.807, 2.05) is 0 Å². The van der Waals surface area contributed by atoms with Crippen LogP contribution in [0.2, 0.25) is 0 Å². The second-order valence-corrected chi connectivity index (χ2v) is 11.6. The number of fused-ring (bicyclic) bond motifs is 6. The van der Waals surface area contributed by atoms with Crippen molar-refractivity contribution in [3.8, 4) is 0 Å². The molecule has 2 aliphatic rings. The molecule has 0 saturated heterocycles. The van der Waals surface area contributed by atoms with Gasteiger partial charge in [0, 0.05) is 10.8 Å². The number of benzene rings is 2. The zero-order valence-electron chi connectivity index (χ0n) is 19.9. The number of hydrogen-bond acceptors (Lipinski definition) is 0. The maximum atomic E-state index is 2.41. The Morgan fingerprint density at radius 3 is 1.10 bits per heavy atom. The lowest BCUT2D eigenvalue weighted by molar-refractivity contribution is 0.230. The van der Waals surface area contributed by atoms with Crippen LogP contribution in [-0.4, -0.2) is 0 Å². The van der Waals surface area contributed by atoms with Crippen molar-refractivity contribution < 1.29 is 0 Å². The molecule has 0 nitrogen and oxygen atoms in total. The lowest BCUT2D eigenvalue weighted by Gasteiger charge is -2.37. The quantitative estimate of drug-likeness (QED) is 0.416. The molecule has 0 aliphatic heterocycles. The highest BCUT2D eigenvalue weighted by atomic mass is 14.4. The van der Waals surface area contributed by atoms with Crippen LogP contribution in [0.1, 0.15) is 77.6 Å². The average Bonchev–Trinajstić information content (AvgIpc) is 2.95. The molecule has 0 heterocycles. The van der Waals surface area contributed by atoms with Crippen molar-refractivity contribution >= 4 is 35.1 Å². The standard InChI is InChI=1S/C30H36/c1-27(2,3)29(7)17-13-23-21-11-9-10-12-22(21)24-14-18-30(8,28(4,5)6)20-16-26(24)25(23)15-19-29/h9-20H,1-8H3. The Morgan fingerprint density at radius 1 is 0.500 bits per heavy atom. The lowest BCUT2D eigenvalue weighted by Crippen LogP contribution is -2.28. The number of rotatable bonds is 0. The summed E-state index contributed by atoms with van der Waals surface area (Å²) in [6, 6.07) is 8.88. The van der Waals surface area contributed by atoms with E-state index in [2.05, 4.69) is 128 Å². The molecular formula is C30H36. The van der Waals surface area contributed by atoms with Gasteiger partial charge in [-0.3, -0.25) is 0 Å². The van der Waals surface area contributed by atoms with Crippen molar-refractivity contribution in [2.75, 3.05) is 0 Å². The van der Waals surface area contributed by atoms with Gasteiger partial charge in [0.2, 0.25) is 0 Å². The third-order valence-electron chi connectivity index (χ3n) is 7.99. The Morgan fingerprint density at radius 2 is 0.800 bits per heavy atom. The molecule has 2 unspecified atom stereocenters. The molecule has 0 amide bonds. The zero-order chi connectivity index (χ0) is 21.9. The SMILES string of the molecule is CC(C)(C)C1(C)C=Cc2c3c(c4ccccc4c2C=C1)C=CC(C)(C(C)(C)C)C=C3. The minimum absolute atomic E-state index is 0.00418. The summed E-state index contributed by atoms with van der Waals surface area (Å²) in [5.74, 6) is 0. The van der Waals surface area contributed by atoms with Gasteiger partial charge >= 0.3 is 0 Å². The number of allylic oxidation sites excluding steroid dienone is 4. The lowest BCUT2D eigenvalue weighted by atomic mass is 9.67. The molecule has 0 radical (unpaired) electrons. The van der Waals surface area contributed by atoms with Crippen LogP contribution in [0.3, 0.4) is 0 Å². The molecule has 0 N–H and O–H groups in total. The molecule has 30 heavy (non-hydrogen) atoms. The zero-order valence-corrected chi connectivity index (χ0v) is 19.9. The van der Waals surface area contributed by atoms with Gasteiger partial charge in [-0.05, 0) is 43.9 Å². The summed E-state index contributed by atoms with van der Waals surface area (Å²) in [5, 5.41) is 2.67. The van der Waals surface area contributed by atoms with Gasteiger partial charge in [-0.2, -0.15) is 0 Å². The van der Waals surface area contributed by atoms with Crippen molar-refractivity contribution in [2.45, 2.75) is 55.4 Å². The van der Waals surface area contributed by atoms with E-state index in [0.29, 0.717) is 0 Å². The van der Waals surface area contributed by atoms with E-state index >= 15 is 0 Å². The van der Waals surface area contributed by atoms with E-state index in [0.717, 1.165) is 0 Å². The van der Waals surface area contributed by atoms with Crippen LogP contribution in [0, 0.1) is 21.7 Å². The Bertz CT molecular complexity index is 1030. The fourth-order valence-corrected chi connectivity index (χ4v) is 4.39. The molecule has 0 saturated carbocycles. The van der Waals surface area contributed by atoms with E-state index in [1.54, 1.807) is 0 Å². The van der Waals surface area contributed by atoms with E-state index < -0.39 is 0 Å². The van der Waals surface area contributed by atoms with Gasteiger partial charge in [-0.1, -0.05) is 128 Å². The molecule has 2 atom stereocenters. The maximum absolute atomic E-state index is 2.41. The van der Waals surface area contributed by atoms with Crippen LogP contribution < -0.4 is 0 Å². The third-order valence-corrected chi connectivity index (χ3v) is 7.99. The summed E-state index contributed by atoms with van der Waals surface area (Å²) in [6.45, 7) is 18.7. The van der Waals surface area contributed by atoms with E-state index in [4.69, 9.17) is 0 Å². The average molecular weight is 397 g/mol. The fourth-order valence-electron chi connectivity index (χ4n) is 4.39. The Labute approximate surface area is 183 Å². The van der Waals surface area contributed by atoms with E-state index in [1.165, 1.54) is 33.0 Å². The largest absolute Gasteiger partial charge is 0.0736 e. The minimum atomic E-state index is 0.00418. The van der Waals surface area contributed by atoms with Gasteiger partial charge in [-0.25, -0.2) is 0 Å². The van der Waals surface area contributed by atoms with Crippen LogP contribution >= 0.6 is 0 Å². The minimum Gasteiger partial charge on any atom is -0.0736 e. The van der Waals surface area contributed by atoms with Crippen LogP contribution in [0.4, 0.5) is 0 Å². The second kappa shape index (κ2) is 6.58. The molecular weight excluding hydrogens is 360 g/mol. The summed E-state index contributed by atoms with van der Waals surface area (Å²) in [5.41, 5.74) is 5.66. The van der Waals surface area contributed by atoms with Crippen molar-refractivity contribution in [2.24, 2.45) is 21.7 Å². The summed E-state index contributed by atoms with van der Waals surface area (Å²) in [4.78, 5) is 0. The van der Waals surface area contributed by atoms with Crippen LogP contribution in [0.15, 0.2) is 48.6 Å². The summed E-state index contributed by atoms with van der Waals surface area (Å²) < 4.78 is 0. The van der Waals surface area contributed by atoms with Crippen LogP contribution in [-0.2, 0) is 0 Å². The Balaban J connectivity index is 2.05. The van der Waals surface area contributed by atoms with Gasteiger partial charge in [0.25, 0.3) is 0 Å². The van der Waals surface area contributed by atoms with Gasteiger partial charge in [-0.15, -0.1) is 0 Å². The van der Waals surface area contributed by atoms with E-state index in [-0.39, 0.29) is 21.7 Å². The molecule has 2 aliphatic carbocycles. The van der Waals surface area contributed by atoms with Crippen LogP contribution in [0.25, 0.3) is 35.1 Å². The summed E-state index contributed by atoms with van der Waals surface area (Å²) in [6.07, 6.45) is 19.1. The molecule has 0 heteroatoms. The molecule has 0 bridgehead atoms. The topological polar surface area (TPSA) is 0 Å². The highest BCUT2D eigenvalue weighted by Crippen LogP contribution is 2.48. The smallest absolute Gasteiger partial charge is 0.00877 e. The van der Waals surface area contributed by atoms with Crippen molar-refractivity contribution in [3.63, 3.8) is 0 Å². The predicted molar refractivity (Wildman–Crippen MR) is 135 cm³/mol. The second-order valence-electron chi connectivity index (χ2n) is 11.6.